The summed E-state index contributed by atoms with van der Waals surface area (Å²) in [6.45, 7) is 4.11. The van der Waals surface area contributed by atoms with Crippen molar-refractivity contribution in [1.82, 2.24) is 24.4 Å². The third kappa shape index (κ3) is 4.84. The van der Waals surface area contributed by atoms with Crippen LogP contribution in [0.3, 0.4) is 0 Å². The Labute approximate surface area is 225 Å². The van der Waals surface area contributed by atoms with Crippen LogP contribution in [0.2, 0.25) is 0 Å². The summed E-state index contributed by atoms with van der Waals surface area (Å²) < 4.78 is 9.25. The van der Waals surface area contributed by atoms with Gasteiger partial charge in [0.05, 0.1) is 15.1 Å². The van der Waals surface area contributed by atoms with Crippen LogP contribution in [0.5, 0.6) is 5.75 Å². The molecule has 0 amide bonds. The van der Waals surface area contributed by atoms with Gasteiger partial charge in [0.25, 0.3) is 5.56 Å². The summed E-state index contributed by atoms with van der Waals surface area (Å²) in [4.78, 5) is 19.3. The van der Waals surface area contributed by atoms with E-state index in [1.807, 2.05) is 95.1 Å². The lowest BCUT2D eigenvalue weighted by molar-refractivity contribution is 0.363. The number of aromatic nitrogens is 5. The first-order valence-electron chi connectivity index (χ1n) is 11.8. The molecular weight excluding hydrogens is 514 g/mol. The van der Waals surface area contributed by atoms with E-state index >= 15 is 0 Å². The Bertz CT molecular complexity index is 1850. The fourth-order valence-corrected chi connectivity index (χ4v) is 5.51. The Kier molecular flexibility index (Phi) is 6.51. The first-order valence-corrected chi connectivity index (χ1v) is 13.5. The molecule has 0 atom stereocenters. The largest absolute Gasteiger partial charge is 0.490 e. The third-order valence-corrected chi connectivity index (χ3v) is 7.51. The highest BCUT2D eigenvalue weighted by atomic mass is 32.1. The predicted octanol–water partition coefficient (Wildman–Crippen LogP) is 5.35. The van der Waals surface area contributed by atoms with E-state index in [-0.39, 0.29) is 5.56 Å². The van der Waals surface area contributed by atoms with Crippen LogP contribution in [0.25, 0.3) is 39.4 Å². The van der Waals surface area contributed by atoms with E-state index in [1.54, 1.807) is 23.5 Å². The van der Waals surface area contributed by atoms with Gasteiger partial charge in [-0.1, -0.05) is 66.5 Å². The molecule has 0 aliphatic rings. The maximum absolute atomic E-state index is 13.2. The van der Waals surface area contributed by atoms with Crippen molar-refractivity contribution >= 4 is 45.9 Å². The maximum Gasteiger partial charge on any atom is 0.291 e. The number of rotatable bonds is 8. The summed E-state index contributed by atoms with van der Waals surface area (Å²) >= 11 is 2.92. The molecule has 186 valence electrons. The first-order chi connectivity index (χ1) is 18.7. The zero-order valence-electron chi connectivity index (χ0n) is 20.1. The highest BCUT2D eigenvalue weighted by Crippen LogP contribution is 2.28. The number of para-hydroxylation sites is 1. The second-order valence-corrected chi connectivity index (χ2v) is 10.2. The summed E-state index contributed by atoms with van der Waals surface area (Å²) in [6, 6.07) is 21.6. The van der Waals surface area contributed by atoms with Gasteiger partial charge in [-0.25, -0.2) is 4.68 Å². The average molecular weight is 536 g/mol. The summed E-state index contributed by atoms with van der Waals surface area (Å²) in [5.74, 6) is 1.25. The van der Waals surface area contributed by atoms with Gasteiger partial charge in [0.2, 0.25) is 4.96 Å². The number of nitrogens with zero attached hydrogens (tertiary/aromatic N) is 5. The molecule has 0 bridgehead atoms. The minimum absolute atomic E-state index is 0.203. The Hall–Kier alpha value is -4.60. The van der Waals surface area contributed by atoms with E-state index in [0.29, 0.717) is 21.9 Å². The SMILES string of the molecule is C=CCOc1ccc(/C=C/c2nc3s/c(=C\c4cn(-c5ccccc5)nc4-c4cccs4)c(=O)n3n2)cc1. The molecule has 0 fully saturated rings. The van der Waals surface area contributed by atoms with Crippen LogP contribution < -0.4 is 14.8 Å². The Morgan fingerprint density at radius 3 is 2.55 bits per heavy atom. The molecule has 6 aromatic rings. The molecule has 6 rings (SSSR count). The minimum atomic E-state index is -0.203. The molecule has 7 nitrogen and oxygen atoms in total. The Morgan fingerprint density at radius 2 is 1.82 bits per heavy atom. The molecule has 9 heteroatoms. The van der Waals surface area contributed by atoms with Gasteiger partial charge in [0.1, 0.15) is 18.1 Å². The molecule has 4 heterocycles. The van der Waals surface area contributed by atoms with Gasteiger partial charge in [0.15, 0.2) is 5.82 Å². The number of ether oxygens (including phenoxy) is 1. The van der Waals surface area contributed by atoms with Gasteiger partial charge in [-0.05, 0) is 53.4 Å². The first kappa shape index (κ1) is 23.8. The number of hydrogen-bond donors (Lipinski definition) is 0. The average Bonchev–Trinajstić information content (AvgIpc) is 3.74. The molecule has 0 N–H and O–H groups in total. The number of thiazole rings is 1. The lowest BCUT2D eigenvalue weighted by atomic mass is 10.2. The van der Waals surface area contributed by atoms with Crippen LogP contribution in [0.1, 0.15) is 17.0 Å². The van der Waals surface area contributed by atoms with Gasteiger partial charge >= 0.3 is 0 Å². The monoisotopic (exact) mass is 535 g/mol. The van der Waals surface area contributed by atoms with Crippen molar-refractivity contribution in [3.63, 3.8) is 0 Å². The van der Waals surface area contributed by atoms with Crippen molar-refractivity contribution < 1.29 is 4.74 Å². The van der Waals surface area contributed by atoms with Crippen molar-refractivity contribution in [2.45, 2.75) is 0 Å². The summed E-state index contributed by atoms with van der Waals surface area (Å²) in [5.41, 5.74) is 3.41. The molecule has 0 unspecified atom stereocenters. The van der Waals surface area contributed by atoms with Crippen LogP contribution in [-0.2, 0) is 0 Å². The summed E-state index contributed by atoms with van der Waals surface area (Å²) in [7, 11) is 0. The molecular formula is C29H21N5O2S2. The molecule has 2 aromatic carbocycles. The van der Waals surface area contributed by atoms with Crippen molar-refractivity contribution in [2.75, 3.05) is 6.61 Å². The lowest BCUT2D eigenvalue weighted by Crippen LogP contribution is -2.23. The van der Waals surface area contributed by atoms with Crippen molar-refractivity contribution in [3.8, 4) is 22.0 Å². The van der Waals surface area contributed by atoms with Gasteiger partial charge in [-0.2, -0.15) is 14.6 Å². The Balaban J connectivity index is 1.31. The number of thiophene rings is 1. The fraction of sp³-hybridized carbons (Fsp3) is 0.0345. The van der Waals surface area contributed by atoms with E-state index in [1.165, 1.54) is 15.9 Å². The predicted molar refractivity (Wildman–Crippen MR) is 154 cm³/mol. The highest BCUT2D eigenvalue weighted by Gasteiger charge is 2.14. The van der Waals surface area contributed by atoms with E-state index in [4.69, 9.17) is 9.84 Å². The molecule has 0 aliphatic heterocycles. The lowest BCUT2D eigenvalue weighted by Gasteiger charge is -2.02. The van der Waals surface area contributed by atoms with Crippen molar-refractivity contribution in [3.05, 3.63) is 123 Å². The minimum Gasteiger partial charge on any atom is -0.490 e. The summed E-state index contributed by atoms with van der Waals surface area (Å²) in [6.07, 6.45) is 9.22. The fourth-order valence-electron chi connectivity index (χ4n) is 3.87. The van der Waals surface area contributed by atoms with Gasteiger partial charge in [-0.3, -0.25) is 4.79 Å². The topological polar surface area (TPSA) is 74.3 Å². The van der Waals surface area contributed by atoms with Crippen LogP contribution >= 0.6 is 22.7 Å². The normalized spacial score (nSPS) is 12.1. The summed E-state index contributed by atoms with van der Waals surface area (Å²) in [5, 5.41) is 11.2. The number of fused-ring (bicyclic) bond motifs is 1. The van der Waals surface area contributed by atoms with Crippen molar-refractivity contribution in [1.29, 1.82) is 0 Å². The van der Waals surface area contributed by atoms with Crippen LogP contribution in [0, 0.1) is 0 Å². The smallest absolute Gasteiger partial charge is 0.291 e. The van der Waals surface area contributed by atoms with Gasteiger partial charge in [0, 0.05) is 11.8 Å². The quantitative estimate of drug-likeness (QED) is 0.246. The second-order valence-electron chi connectivity index (χ2n) is 8.27. The second kappa shape index (κ2) is 10.4. The number of hydrogen-bond acceptors (Lipinski definition) is 7. The molecule has 0 saturated carbocycles. The van der Waals surface area contributed by atoms with Gasteiger partial charge in [-0.15, -0.1) is 16.4 Å². The van der Waals surface area contributed by atoms with Crippen LogP contribution in [0.4, 0.5) is 0 Å². The van der Waals surface area contributed by atoms with Crippen molar-refractivity contribution in [2.24, 2.45) is 0 Å². The molecule has 0 aliphatic carbocycles. The molecule has 0 saturated heterocycles. The standard InChI is InChI=1S/C29H21N5O2S2/c1-2-16-36-23-13-10-20(11-14-23)12-15-26-30-29-34(31-26)28(35)25(38-29)18-21-19-33(22-7-4-3-5-8-22)32-27(21)24-9-6-17-37-24/h2-15,17-19H,1,16H2/b15-12+,25-18-. The van der Waals surface area contributed by atoms with E-state index in [2.05, 4.69) is 16.7 Å². The van der Waals surface area contributed by atoms with E-state index in [0.717, 1.165) is 33.1 Å². The van der Waals surface area contributed by atoms with E-state index < -0.39 is 0 Å². The van der Waals surface area contributed by atoms with Gasteiger partial charge < -0.3 is 4.74 Å². The maximum atomic E-state index is 13.2. The Morgan fingerprint density at radius 1 is 0.974 bits per heavy atom. The van der Waals surface area contributed by atoms with Crippen LogP contribution in [-0.4, -0.2) is 31.0 Å². The zero-order valence-corrected chi connectivity index (χ0v) is 21.7. The molecule has 38 heavy (non-hydrogen) atoms. The zero-order chi connectivity index (χ0) is 25.9. The van der Waals surface area contributed by atoms with Crippen LogP contribution in [0.15, 0.2) is 95.8 Å². The highest BCUT2D eigenvalue weighted by molar-refractivity contribution is 7.15. The number of benzene rings is 2. The molecule has 4 aromatic heterocycles. The van der Waals surface area contributed by atoms with E-state index in [9.17, 15) is 4.79 Å². The molecule has 0 radical (unpaired) electrons. The third-order valence-electron chi connectivity index (χ3n) is 5.68. The molecule has 0 spiro atoms.